The smallest absolute Gasteiger partial charge is 0.293 e. The van der Waals surface area contributed by atoms with E-state index in [0.717, 1.165) is 12.0 Å². The van der Waals surface area contributed by atoms with Crippen LogP contribution < -0.4 is 10.2 Å². The normalized spacial score (nSPS) is 17.8. The number of hydrogen-bond donors (Lipinski definition) is 1. The third kappa shape index (κ3) is 3.20. The molecule has 6 nitrogen and oxygen atoms in total. The summed E-state index contributed by atoms with van der Waals surface area (Å²) in [5.41, 5.74) is 2.10. The van der Waals surface area contributed by atoms with Crippen LogP contribution in [0.15, 0.2) is 48.5 Å². The Morgan fingerprint density at radius 2 is 1.81 bits per heavy atom. The number of ether oxygens (including phenoxy) is 2. The molecule has 1 fully saturated rings. The van der Waals surface area contributed by atoms with Gasteiger partial charge in [0.1, 0.15) is 6.54 Å². The van der Waals surface area contributed by atoms with Crippen molar-refractivity contribution < 1.29 is 19.1 Å². The largest absolute Gasteiger partial charge is 0.350 e. The van der Waals surface area contributed by atoms with Gasteiger partial charge in [0.25, 0.3) is 11.7 Å². The Bertz CT molecular complexity index is 880. The van der Waals surface area contributed by atoms with E-state index in [0.29, 0.717) is 36.0 Å². The maximum atomic E-state index is 13.1. The summed E-state index contributed by atoms with van der Waals surface area (Å²) in [6.07, 6.45) is 0.732. The van der Waals surface area contributed by atoms with Crippen LogP contribution in [0.4, 0.5) is 5.69 Å². The van der Waals surface area contributed by atoms with Crippen LogP contribution >= 0.6 is 11.6 Å². The van der Waals surface area contributed by atoms with Crippen molar-refractivity contribution >= 4 is 29.1 Å². The van der Waals surface area contributed by atoms with Crippen LogP contribution in [0.5, 0.6) is 0 Å². The molecule has 4 rings (SSSR count). The molecule has 0 saturated carbocycles. The average molecular weight is 387 g/mol. The van der Waals surface area contributed by atoms with Gasteiger partial charge in [-0.2, -0.15) is 0 Å². The number of halogens is 1. The Kier molecular flexibility index (Phi) is 4.86. The Labute approximate surface area is 162 Å². The van der Waals surface area contributed by atoms with E-state index in [1.807, 2.05) is 30.3 Å². The van der Waals surface area contributed by atoms with Crippen molar-refractivity contribution in [3.8, 4) is 0 Å². The Balaban J connectivity index is 1.51. The van der Waals surface area contributed by atoms with Crippen LogP contribution in [-0.4, -0.2) is 31.6 Å². The lowest BCUT2D eigenvalue weighted by molar-refractivity contribution is -0.256. The SMILES string of the molecule is O=C(CN1C(=O)C2(OCCCO2)c2ccccc21)NCc1ccccc1Cl. The second kappa shape index (κ2) is 7.31. The van der Waals surface area contributed by atoms with E-state index in [1.54, 1.807) is 18.2 Å². The molecule has 0 radical (unpaired) electrons. The third-order valence-corrected chi connectivity index (χ3v) is 5.08. The standard InChI is InChI=1S/C20H19ClN2O4/c21-16-8-3-1-6-14(16)12-22-18(24)13-23-17-9-4-2-7-15(17)20(19(23)25)26-10-5-11-27-20/h1-4,6-9H,5,10-13H2,(H,22,24). The lowest BCUT2D eigenvalue weighted by Crippen LogP contribution is -2.49. The quantitative estimate of drug-likeness (QED) is 0.877. The highest BCUT2D eigenvalue weighted by molar-refractivity contribution is 6.31. The summed E-state index contributed by atoms with van der Waals surface area (Å²) in [4.78, 5) is 27.0. The minimum atomic E-state index is -1.43. The number of hydrogen-bond acceptors (Lipinski definition) is 4. The molecule has 0 aliphatic carbocycles. The van der Waals surface area contributed by atoms with Crippen LogP contribution in [-0.2, 0) is 31.4 Å². The molecule has 140 valence electrons. The molecule has 0 aromatic heterocycles. The number of fused-ring (bicyclic) bond motifs is 2. The Morgan fingerprint density at radius 3 is 2.59 bits per heavy atom. The lowest BCUT2D eigenvalue weighted by atomic mass is 10.1. The number of rotatable bonds is 4. The van der Waals surface area contributed by atoms with Gasteiger partial charge in [-0.05, 0) is 24.1 Å². The zero-order valence-electron chi connectivity index (χ0n) is 14.6. The summed E-state index contributed by atoms with van der Waals surface area (Å²) < 4.78 is 11.5. The Morgan fingerprint density at radius 1 is 1.11 bits per heavy atom. The molecule has 2 heterocycles. The molecular formula is C20H19ClN2O4. The van der Waals surface area contributed by atoms with Gasteiger partial charge in [0.05, 0.1) is 18.9 Å². The minimum Gasteiger partial charge on any atom is -0.350 e. The first-order chi connectivity index (χ1) is 13.1. The highest BCUT2D eigenvalue weighted by Gasteiger charge is 2.55. The average Bonchev–Trinajstić information content (AvgIpc) is 2.91. The van der Waals surface area contributed by atoms with E-state index < -0.39 is 5.79 Å². The molecule has 2 aromatic rings. The molecule has 2 aromatic carbocycles. The van der Waals surface area contributed by atoms with Gasteiger partial charge in [-0.3, -0.25) is 14.5 Å². The van der Waals surface area contributed by atoms with Crippen molar-refractivity contribution in [1.82, 2.24) is 5.32 Å². The second-order valence-electron chi connectivity index (χ2n) is 6.44. The van der Waals surface area contributed by atoms with E-state index >= 15 is 0 Å². The zero-order chi connectivity index (χ0) is 18.9. The van der Waals surface area contributed by atoms with E-state index in [-0.39, 0.29) is 18.4 Å². The molecule has 0 atom stereocenters. The van der Waals surface area contributed by atoms with E-state index in [1.165, 1.54) is 4.90 Å². The van der Waals surface area contributed by atoms with E-state index in [9.17, 15) is 9.59 Å². The van der Waals surface area contributed by atoms with Gasteiger partial charge in [0.2, 0.25) is 5.91 Å². The van der Waals surface area contributed by atoms with Crippen molar-refractivity contribution in [3.63, 3.8) is 0 Å². The number of nitrogens with zero attached hydrogens (tertiary/aromatic N) is 1. The molecule has 2 aliphatic heterocycles. The number of carbonyl (C=O) groups excluding carboxylic acids is 2. The van der Waals surface area contributed by atoms with Crippen molar-refractivity contribution in [3.05, 3.63) is 64.7 Å². The maximum Gasteiger partial charge on any atom is 0.293 e. The van der Waals surface area contributed by atoms with Crippen molar-refractivity contribution in [2.45, 2.75) is 18.8 Å². The summed E-state index contributed by atoms with van der Waals surface area (Å²) in [7, 11) is 0. The van der Waals surface area contributed by atoms with Crippen LogP contribution in [0.1, 0.15) is 17.5 Å². The molecule has 0 unspecified atom stereocenters. The van der Waals surface area contributed by atoms with Gasteiger partial charge in [0, 0.05) is 17.1 Å². The molecule has 27 heavy (non-hydrogen) atoms. The number of anilines is 1. The number of carbonyl (C=O) groups is 2. The number of para-hydroxylation sites is 1. The van der Waals surface area contributed by atoms with Crippen LogP contribution in [0.2, 0.25) is 5.02 Å². The molecule has 7 heteroatoms. The minimum absolute atomic E-state index is 0.116. The predicted molar refractivity (Wildman–Crippen MR) is 100 cm³/mol. The molecule has 1 spiro atoms. The molecule has 1 saturated heterocycles. The summed E-state index contributed by atoms with van der Waals surface area (Å²) in [5, 5.41) is 3.40. The number of nitrogens with one attached hydrogen (secondary N) is 1. The Hall–Kier alpha value is -2.41. The fourth-order valence-corrected chi connectivity index (χ4v) is 3.60. The number of amides is 2. The summed E-state index contributed by atoms with van der Waals surface area (Å²) in [6.45, 7) is 1.05. The van der Waals surface area contributed by atoms with Crippen molar-refractivity contribution in [2.24, 2.45) is 0 Å². The monoisotopic (exact) mass is 386 g/mol. The first-order valence-electron chi connectivity index (χ1n) is 8.81. The van der Waals surface area contributed by atoms with Crippen LogP contribution in [0, 0.1) is 0 Å². The highest BCUT2D eigenvalue weighted by Crippen LogP contribution is 2.44. The maximum absolute atomic E-state index is 13.1. The van der Waals surface area contributed by atoms with Gasteiger partial charge in [0.15, 0.2) is 0 Å². The first kappa shape index (κ1) is 18.0. The van der Waals surface area contributed by atoms with Gasteiger partial charge in [-0.1, -0.05) is 48.0 Å². The molecule has 1 N–H and O–H groups in total. The van der Waals surface area contributed by atoms with Gasteiger partial charge >= 0.3 is 0 Å². The van der Waals surface area contributed by atoms with Gasteiger partial charge in [-0.25, -0.2) is 0 Å². The lowest BCUT2D eigenvalue weighted by Gasteiger charge is -2.32. The summed E-state index contributed by atoms with van der Waals surface area (Å²) >= 11 is 6.12. The molecule has 2 amide bonds. The third-order valence-electron chi connectivity index (χ3n) is 4.71. The van der Waals surface area contributed by atoms with Crippen LogP contribution in [0.25, 0.3) is 0 Å². The van der Waals surface area contributed by atoms with E-state index in [2.05, 4.69) is 5.32 Å². The zero-order valence-corrected chi connectivity index (χ0v) is 15.4. The van der Waals surface area contributed by atoms with Gasteiger partial charge in [-0.15, -0.1) is 0 Å². The molecular weight excluding hydrogens is 368 g/mol. The first-order valence-corrected chi connectivity index (χ1v) is 9.19. The summed E-state index contributed by atoms with van der Waals surface area (Å²) in [6, 6.07) is 14.6. The topological polar surface area (TPSA) is 67.9 Å². The van der Waals surface area contributed by atoms with Crippen molar-refractivity contribution in [2.75, 3.05) is 24.7 Å². The fourth-order valence-electron chi connectivity index (χ4n) is 3.39. The number of benzene rings is 2. The molecule has 0 bridgehead atoms. The van der Waals surface area contributed by atoms with Gasteiger partial charge < -0.3 is 14.8 Å². The van der Waals surface area contributed by atoms with Crippen molar-refractivity contribution in [1.29, 1.82) is 0 Å². The van der Waals surface area contributed by atoms with Crippen LogP contribution in [0.3, 0.4) is 0 Å². The van der Waals surface area contributed by atoms with E-state index in [4.69, 9.17) is 21.1 Å². The predicted octanol–water partition coefficient (Wildman–Crippen LogP) is 2.59. The second-order valence-corrected chi connectivity index (χ2v) is 6.85. The highest BCUT2D eigenvalue weighted by atomic mass is 35.5. The fraction of sp³-hybridized carbons (Fsp3) is 0.300. The summed E-state index contributed by atoms with van der Waals surface area (Å²) in [5.74, 6) is -2.08. The molecule has 2 aliphatic rings.